The zero-order valence-electron chi connectivity index (χ0n) is 15.8. The molecule has 1 saturated heterocycles. The second-order valence-corrected chi connectivity index (χ2v) is 7.26. The molecule has 0 bridgehead atoms. The summed E-state index contributed by atoms with van der Waals surface area (Å²) in [6.07, 6.45) is 0.341. The summed E-state index contributed by atoms with van der Waals surface area (Å²) >= 11 is 5.77. The number of benzene rings is 2. The molecule has 0 spiro atoms. The van der Waals surface area contributed by atoms with Gasteiger partial charge in [0.05, 0.1) is 11.6 Å². The van der Waals surface area contributed by atoms with E-state index in [2.05, 4.69) is 0 Å². The number of esters is 1. The SMILES string of the molecule is CCOC(=O)C1(COc2ccc(F)c(Cl)c2)CCN(C(=O)c2ccc(F)cc2)C1. The third-order valence-electron chi connectivity index (χ3n) is 4.85. The molecule has 3 rings (SSSR count). The van der Waals surface area contributed by atoms with E-state index in [0.29, 0.717) is 24.3 Å². The van der Waals surface area contributed by atoms with E-state index >= 15 is 0 Å². The summed E-state index contributed by atoms with van der Waals surface area (Å²) in [5.41, 5.74) is -0.732. The molecule has 0 aromatic heterocycles. The fraction of sp³-hybridized carbons (Fsp3) is 0.333. The van der Waals surface area contributed by atoms with Gasteiger partial charge in [-0.05, 0) is 49.7 Å². The normalized spacial score (nSPS) is 18.6. The van der Waals surface area contributed by atoms with Crippen LogP contribution in [0.5, 0.6) is 5.75 Å². The minimum atomic E-state index is -1.06. The first-order chi connectivity index (χ1) is 13.8. The third kappa shape index (κ3) is 4.67. The average Bonchev–Trinajstić information content (AvgIpc) is 3.15. The van der Waals surface area contributed by atoms with Gasteiger partial charge in [0, 0.05) is 24.7 Å². The van der Waals surface area contributed by atoms with Crippen LogP contribution in [0.3, 0.4) is 0 Å². The Balaban J connectivity index is 1.76. The summed E-state index contributed by atoms with van der Waals surface area (Å²) < 4.78 is 37.4. The molecule has 29 heavy (non-hydrogen) atoms. The zero-order chi connectivity index (χ0) is 21.0. The van der Waals surface area contributed by atoms with Crippen LogP contribution >= 0.6 is 11.6 Å². The maximum atomic E-state index is 13.3. The summed E-state index contributed by atoms with van der Waals surface area (Å²) in [7, 11) is 0. The van der Waals surface area contributed by atoms with Gasteiger partial charge in [0.25, 0.3) is 5.91 Å². The Kier molecular flexibility index (Phi) is 6.37. The molecule has 0 radical (unpaired) electrons. The van der Waals surface area contributed by atoms with Gasteiger partial charge in [0.1, 0.15) is 29.4 Å². The number of ether oxygens (including phenoxy) is 2. The Bertz CT molecular complexity index is 906. The highest BCUT2D eigenvalue weighted by atomic mass is 35.5. The monoisotopic (exact) mass is 423 g/mol. The van der Waals surface area contributed by atoms with Gasteiger partial charge in [-0.1, -0.05) is 11.6 Å². The Morgan fingerprint density at radius 1 is 1.17 bits per heavy atom. The maximum absolute atomic E-state index is 13.3. The Hall–Kier alpha value is -2.67. The van der Waals surface area contributed by atoms with E-state index < -0.39 is 23.0 Å². The molecule has 1 unspecified atom stereocenters. The van der Waals surface area contributed by atoms with Crippen LogP contribution in [0.4, 0.5) is 8.78 Å². The lowest BCUT2D eigenvalue weighted by Crippen LogP contribution is -2.42. The Morgan fingerprint density at radius 3 is 2.55 bits per heavy atom. The summed E-state index contributed by atoms with van der Waals surface area (Å²) in [4.78, 5) is 26.9. The molecule has 1 heterocycles. The van der Waals surface area contributed by atoms with Gasteiger partial charge in [-0.25, -0.2) is 8.78 Å². The van der Waals surface area contributed by atoms with Crippen molar-refractivity contribution >= 4 is 23.5 Å². The van der Waals surface area contributed by atoms with Crippen molar-refractivity contribution in [3.8, 4) is 5.75 Å². The van der Waals surface area contributed by atoms with Crippen LogP contribution in [0.15, 0.2) is 42.5 Å². The highest BCUT2D eigenvalue weighted by Gasteiger charge is 2.48. The largest absolute Gasteiger partial charge is 0.492 e. The van der Waals surface area contributed by atoms with Gasteiger partial charge in [-0.3, -0.25) is 9.59 Å². The number of amides is 1. The molecule has 1 aliphatic rings. The number of carbonyl (C=O) groups is 2. The molecular formula is C21H20ClF2NO4. The van der Waals surface area contributed by atoms with Crippen molar-refractivity contribution in [2.45, 2.75) is 13.3 Å². The molecule has 2 aromatic carbocycles. The molecular weight excluding hydrogens is 404 g/mol. The van der Waals surface area contributed by atoms with E-state index in [4.69, 9.17) is 21.1 Å². The fourth-order valence-electron chi connectivity index (χ4n) is 3.24. The van der Waals surface area contributed by atoms with Crippen molar-refractivity contribution in [1.29, 1.82) is 0 Å². The van der Waals surface area contributed by atoms with Crippen LogP contribution in [-0.4, -0.2) is 43.1 Å². The number of rotatable bonds is 6. The van der Waals surface area contributed by atoms with Crippen molar-refractivity contribution in [3.05, 3.63) is 64.7 Å². The number of hydrogen-bond acceptors (Lipinski definition) is 4. The minimum Gasteiger partial charge on any atom is -0.492 e. The predicted molar refractivity (Wildman–Crippen MR) is 103 cm³/mol. The Morgan fingerprint density at radius 2 is 1.90 bits per heavy atom. The quantitative estimate of drug-likeness (QED) is 0.657. The molecule has 0 N–H and O–H groups in total. The zero-order valence-corrected chi connectivity index (χ0v) is 16.5. The molecule has 2 aromatic rings. The number of nitrogens with zero attached hydrogens (tertiary/aromatic N) is 1. The number of hydrogen-bond donors (Lipinski definition) is 0. The third-order valence-corrected chi connectivity index (χ3v) is 5.14. The molecule has 1 amide bonds. The Labute approximate surface area is 172 Å². The van der Waals surface area contributed by atoms with Crippen LogP contribution < -0.4 is 4.74 Å². The summed E-state index contributed by atoms with van der Waals surface area (Å²) in [5.74, 6) is -1.47. The molecule has 1 fully saturated rings. The fourth-order valence-corrected chi connectivity index (χ4v) is 3.41. The number of likely N-dealkylation sites (tertiary alicyclic amines) is 1. The minimum absolute atomic E-state index is 0.0546. The first-order valence-corrected chi connectivity index (χ1v) is 9.52. The first kappa shape index (κ1) is 21.0. The molecule has 1 atom stereocenters. The predicted octanol–water partition coefficient (Wildman–Crippen LogP) is 4.09. The summed E-state index contributed by atoms with van der Waals surface area (Å²) in [6.45, 7) is 2.25. The summed E-state index contributed by atoms with van der Waals surface area (Å²) in [6, 6.07) is 9.14. The molecule has 5 nitrogen and oxygen atoms in total. The van der Waals surface area contributed by atoms with Crippen LogP contribution in [0, 0.1) is 17.0 Å². The van der Waals surface area contributed by atoms with Crippen molar-refractivity contribution < 1.29 is 27.8 Å². The van der Waals surface area contributed by atoms with Gasteiger partial charge in [-0.15, -0.1) is 0 Å². The molecule has 0 saturated carbocycles. The van der Waals surface area contributed by atoms with E-state index in [-0.39, 0.29) is 30.7 Å². The van der Waals surface area contributed by atoms with Crippen molar-refractivity contribution in [2.24, 2.45) is 5.41 Å². The van der Waals surface area contributed by atoms with Gasteiger partial charge in [-0.2, -0.15) is 0 Å². The second kappa shape index (κ2) is 8.78. The lowest BCUT2D eigenvalue weighted by molar-refractivity contribution is -0.156. The van der Waals surface area contributed by atoms with E-state index in [1.807, 2.05) is 0 Å². The van der Waals surface area contributed by atoms with Gasteiger partial charge >= 0.3 is 5.97 Å². The standard InChI is InChI=1S/C21H20ClF2NO4/c1-2-28-20(27)21(13-29-16-7-8-18(24)17(22)11-16)9-10-25(12-21)19(26)14-3-5-15(23)6-4-14/h3-8,11H,2,9-10,12-13H2,1H3. The van der Waals surface area contributed by atoms with Gasteiger partial charge in [0.15, 0.2) is 0 Å². The van der Waals surface area contributed by atoms with E-state index in [1.54, 1.807) is 6.92 Å². The smallest absolute Gasteiger partial charge is 0.317 e. The average molecular weight is 424 g/mol. The van der Waals surface area contributed by atoms with Crippen LogP contribution in [0.1, 0.15) is 23.7 Å². The topological polar surface area (TPSA) is 55.8 Å². The van der Waals surface area contributed by atoms with Gasteiger partial charge < -0.3 is 14.4 Å². The van der Waals surface area contributed by atoms with Crippen LogP contribution in [-0.2, 0) is 9.53 Å². The van der Waals surface area contributed by atoms with Crippen LogP contribution in [0.2, 0.25) is 5.02 Å². The van der Waals surface area contributed by atoms with Gasteiger partial charge in [0.2, 0.25) is 0 Å². The molecule has 8 heteroatoms. The first-order valence-electron chi connectivity index (χ1n) is 9.14. The lowest BCUT2D eigenvalue weighted by Gasteiger charge is -2.27. The highest BCUT2D eigenvalue weighted by molar-refractivity contribution is 6.30. The van der Waals surface area contributed by atoms with E-state index in [9.17, 15) is 18.4 Å². The molecule has 0 aliphatic carbocycles. The maximum Gasteiger partial charge on any atom is 0.317 e. The van der Waals surface area contributed by atoms with Crippen LogP contribution in [0.25, 0.3) is 0 Å². The van der Waals surface area contributed by atoms with E-state index in [0.717, 1.165) is 0 Å². The molecule has 1 aliphatic heterocycles. The van der Waals surface area contributed by atoms with Crippen molar-refractivity contribution in [1.82, 2.24) is 4.90 Å². The highest BCUT2D eigenvalue weighted by Crippen LogP contribution is 2.34. The van der Waals surface area contributed by atoms with Crippen molar-refractivity contribution in [3.63, 3.8) is 0 Å². The lowest BCUT2D eigenvalue weighted by atomic mass is 9.88. The second-order valence-electron chi connectivity index (χ2n) is 6.85. The van der Waals surface area contributed by atoms with E-state index in [1.165, 1.54) is 47.4 Å². The van der Waals surface area contributed by atoms with Crippen molar-refractivity contribution in [2.75, 3.05) is 26.3 Å². The number of halogens is 3. The molecule has 154 valence electrons. The summed E-state index contributed by atoms with van der Waals surface area (Å²) in [5, 5.41) is -0.0905. The number of carbonyl (C=O) groups excluding carboxylic acids is 2.